The molecule has 0 saturated heterocycles. The average Bonchev–Trinajstić information content (AvgIpc) is 2.57. The summed E-state index contributed by atoms with van der Waals surface area (Å²) in [5.41, 5.74) is 2.93. The molecule has 0 radical (unpaired) electrons. The number of ether oxygens (including phenoxy) is 2. The van der Waals surface area contributed by atoms with Crippen molar-refractivity contribution in [1.82, 2.24) is 4.72 Å². The number of sulfonamides is 1. The molecule has 2 aromatic rings. The minimum atomic E-state index is -3.58. The van der Waals surface area contributed by atoms with Crippen LogP contribution in [0.4, 0.5) is 0 Å². The van der Waals surface area contributed by atoms with Gasteiger partial charge >= 0.3 is 0 Å². The zero-order chi connectivity index (χ0) is 18.6. The molecule has 7 heteroatoms. The Morgan fingerprint density at radius 2 is 1.64 bits per heavy atom. The molecule has 2 rings (SSSR count). The lowest BCUT2D eigenvalue weighted by atomic mass is 10.1. The summed E-state index contributed by atoms with van der Waals surface area (Å²) >= 11 is 3.34. The van der Waals surface area contributed by atoms with Crippen molar-refractivity contribution >= 4 is 26.0 Å². The monoisotopic (exact) mass is 427 g/mol. The van der Waals surface area contributed by atoms with Gasteiger partial charge in [0.25, 0.3) is 0 Å². The molecule has 2 aromatic carbocycles. The van der Waals surface area contributed by atoms with Gasteiger partial charge in [0.05, 0.1) is 19.1 Å². The van der Waals surface area contributed by atoms with E-state index in [4.69, 9.17) is 9.47 Å². The number of methoxy groups -OCH3 is 2. The van der Waals surface area contributed by atoms with E-state index in [0.717, 1.165) is 16.7 Å². The molecule has 25 heavy (non-hydrogen) atoms. The van der Waals surface area contributed by atoms with E-state index in [1.165, 1.54) is 0 Å². The van der Waals surface area contributed by atoms with Crippen molar-refractivity contribution in [2.45, 2.75) is 25.2 Å². The number of hydrogen-bond acceptors (Lipinski definition) is 4. The Balaban J connectivity index is 2.10. The van der Waals surface area contributed by atoms with Crippen LogP contribution in [0.5, 0.6) is 11.5 Å². The minimum Gasteiger partial charge on any atom is -0.493 e. The molecule has 5 nitrogen and oxygen atoms in total. The van der Waals surface area contributed by atoms with Crippen LogP contribution in [0, 0.1) is 13.8 Å². The van der Waals surface area contributed by atoms with Crippen LogP contribution in [0.1, 0.15) is 16.7 Å². The summed E-state index contributed by atoms with van der Waals surface area (Å²) in [6.45, 7) is 4.13. The lowest BCUT2D eigenvalue weighted by Gasteiger charge is -2.12. The van der Waals surface area contributed by atoms with Gasteiger partial charge in [-0.15, -0.1) is 0 Å². The summed E-state index contributed by atoms with van der Waals surface area (Å²) < 4.78 is 38.8. The summed E-state index contributed by atoms with van der Waals surface area (Å²) in [6, 6.07) is 9.04. The summed E-state index contributed by atoms with van der Waals surface area (Å²) in [5, 5.41) is 0. The zero-order valence-electron chi connectivity index (χ0n) is 14.7. The predicted molar refractivity (Wildman–Crippen MR) is 102 cm³/mol. The summed E-state index contributed by atoms with van der Waals surface area (Å²) in [6.07, 6.45) is 0.544. The Bertz CT molecular complexity index is 866. The van der Waals surface area contributed by atoms with Gasteiger partial charge < -0.3 is 9.47 Å². The zero-order valence-corrected chi connectivity index (χ0v) is 17.1. The fourth-order valence-electron chi connectivity index (χ4n) is 2.40. The van der Waals surface area contributed by atoms with Crippen LogP contribution < -0.4 is 14.2 Å². The van der Waals surface area contributed by atoms with E-state index >= 15 is 0 Å². The normalized spacial score (nSPS) is 11.4. The lowest BCUT2D eigenvalue weighted by Crippen LogP contribution is -2.26. The number of hydrogen-bond donors (Lipinski definition) is 1. The summed E-state index contributed by atoms with van der Waals surface area (Å²) in [7, 11) is -0.434. The van der Waals surface area contributed by atoms with Crippen molar-refractivity contribution in [2.75, 3.05) is 20.8 Å². The molecule has 0 aliphatic carbocycles. The Kier molecular flexibility index (Phi) is 6.48. The molecule has 0 aliphatic rings. The first-order chi connectivity index (χ1) is 11.8. The fourth-order valence-corrected chi connectivity index (χ4v) is 4.68. The highest BCUT2D eigenvalue weighted by Crippen LogP contribution is 2.28. The maximum atomic E-state index is 12.5. The third-order valence-corrected chi connectivity index (χ3v) is 6.41. The highest BCUT2D eigenvalue weighted by atomic mass is 79.9. The van der Waals surface area contributed by atoms with Crippen molar-refractivity contribution in [2.24, 2.45) is 0 Å². The molecule has 0 saturated carbocycles. The predicted octanol–water partition coefficient (Wildman–Crippen LogP) is 3.60. The van der Waals surface area contributed by atoms with Gasteiger partial charge in [-0.25, -0.2) is 13.1 Å². The van der Waals surface area contributed by atoms with E-state index in [9.17, 15) is 8.42 Å². The van der Waals surface area contributed by atoms with Crippen LogP contribution in [-0.2, 0) is 16.4 Å². The number of nitrogens with one attached hydrogen (secondary N) is 1. The molecule has 1 N–H and O–H groups in total. The quantitative estimate of drug-likeness (QED) is 0.732. The maximum absolute atomic E-state index is 12.5. The van der Waals surface area contributed by atoms with Gasteiger partial charge in [-0.3, -0.25) is 0 Å². The second-order valence-corrected chi connectivity index (χ2v) is 8.29. The molecule has 0 bridgehead atoms. The first-order valence-electron chi connectivity index (χ1n) is 7.76. The SMILES string of the molecule is COc1ccc(CCNS(=O)(=O)c2cc(C)c(C)cc2Br)cc1OC. The van der Waals surface area contributed by atoms with Crippen molar-refractivity contribution in [3.8, 4) is 11.5 Å². The van der Waals surface area contributed by atoms with Crippen molar-refractivity contribution in [3.63, 3.8) is 0 Å². The molecule has 0 spiro atoms. The first-order valence-corrected chi connectivity index (χ1v) is 10.0. The van der Waals surface area contributed by atoms with Crippen LogP contribution in [-0.4, -0.2) is 29.2 Å². The second kappa shape index (κ2) is 8.21. The minimum absolute atomic E-state index is 0.253. The van der Waals surface area contributed by atoms with E-state index in [1.54, 1.807) is 20.3 Å². The highest BCUT2D eigenvalue weighted by Gasteiger charge is 2.18. The number of aryl methyl sites for hydroxylation is 2. The van der Waals surface area contributed by atoms with Gasteiger partial charge in [0.2, 0.25) is 10.0 Å². The van der Waals surface area contributed by atoms with Gasteiger partial charge in [-0.1, -0.05) is 6.07 Å². The molecule has 136 valence electrons. The van der Waals surface area contributed by atoms with Crippen LogP contribution in [0.15, 0.2) is 39.7 Å². The van der Waals surface area contributed by atoms with Gasteiger partial charge in [0.15, 0.2) is 11.5 Å². The molecule has 0 aromatic heterocycles. The third-order valence-electron chi connectivity index (χ3n) is 3.99. The van der Waals surface area contributed by atoms with E-state index in [2.05, 4.69) is 20.7 Å². The molecular weight excluding hydrogens is 406 g/mol. The molecule has 0 amide bonds. The fraction of sp³-hybridized carbons (Fsp3) is 0.333. The van der Waals surface area contributed by atoms with Crippen LogP contribution >= 0.6 is 15.9 Å². The molecule has 0 unspecified atom stereocenters. The van der Waals surface area contributed by atoms with Gasteiger partial charge in [0.1, 0.15) is 0 Å². The molecule has 0 atom stereocenters. The lowest BCUT2D eigenvalue weighted by molar-refractivity contribution is 0.354. The van der Waals surface area contributed by atoms with Crippen molar-refractivity contribution < 1.29 is 17.9 Å². The van der Waals surface area contributed by atoms with Crippen molar-refractivity contribution in [1.29, 1.82) is 0 Å². The largest absolute Gasteiger partial charge is 0.493 e. The van der Waals surface area contributed by atoms with Gasteiger partial charge in [0, 0.05) is 11.0 Å². The number of halogens is 1. The van der Waals surface area contributed by atoms with Crippen molar-refractivity contribution in [3.05, 3.63) is 51.5 Å². The Labute approximate surface area is 157 Å². The Morgan fingerprint density at radius 1 is 1.00 bits per heavy atom. The van der Waals surface area contributed by atoms with Gasteiger partial charge in [-0.05, 0) is 77.2 Å². The molecule has 0 aliphatic heterocycles. The van der Waals surface area contributed by atoms with E-state index in [-0.39, 0.29) is 11.4 Å². The Morgan fingerprint density at radius 3 is 2.28 bits per heavy atom. The number of rotatable bonds is 7. The van der Waals surface area contributed by atoms with Crippen LogP contribution in [0.2, 0.25) is 0 Å². The maximum Gasteiger partial charge on any atom is 0.241 e. The van der Waals surface area contributed by atoms with Crippen LogP contribution in [0.3, 0.4) is 0 Å². The standard InChI is InChI=1S/C18H22BrNO4S/c1-12-9-15(19)18(10-13(12)2)25(21,22)20-8-7-14-5-6-16(23-3)17(11-14)24-4/h5-6,9-11,20H,7-8H2,1-4H3. The highest BCUT2D eigenvalue weighted by molar-refractivity contribution is 9.10. The van der Waals surface area contributed by atoms with E-state index in [0.29, 0.717) is 22.4 Å². The Hall–Kier alpha value is -1.57. The van der Waals surface area contributed by atoms with E-state index in [1.807, 2.05) is 38.1 Å². The smallest absolute Gasteiger partial charge is 0.241 e. The third kappa shape index (κ3) is 4.74. The molecule has 0 fully saturated rings. The summed E-state index contributed by atoms with van der Waals surface area (Å²) in [5.74, 6) is 1.27. The average molecular weight is 428 g/mol. The first kappa shape index (κ1) is 19.8. The topological polar surface area (TPSA) is 64.6 Å². The number of benzene rings is 2. The van der Waals surface area contributed by atoms with Gasteiger partial charge in [-0.2, -0.15) is 0 Å². The van der Waals surface area contributed by atoms with Crippen LogP contribution in [0.25, 0.3) is 0 Å². The molecular formula is C18H22BrNO4S. The molecule has 0 heterocycles. The second-order valence-electron chi connectivity index (χ2n) is 5.70. The summed E-state index contributed by atoms with van der Waals surface area (Å²) in [4.78, 5) is 0.253. The van der Waals surface area contributed by atoms with E-state index < -0.39 is 10.0 Å².